The van der Waals surface area contributed by atoms with E-state index < -0.39 is 35.4 Å². The summed E-state index contributed by atoms with van der Waals surface area (Å²) in [5.74, 6) is -2.92. The Morgan fingerprint density at radius 1 is 0.897 bits per heavy atom. The molecule has 0 unspecified atom stereocenters. The fourth-order valence-electron chi connectivity index (χ4n) is 4.11. The van der Waals surface area contributed by atoms with Crippen LogP contribution in [0.3, 0.4) is 0 Å². The third kappa shape index (κ3) is 3.68. The summed E-state index contributed by atoms with van der Waals surface area (Å²) in [4.78, 5) is 38.7. The molecule has 0 spiro atoms. The van der Waals surface area contributed by atoms with Gasteiger partial charge in [-0.2, -0.15) is 0 Å². The van der Waals surface area contributed by atoms with Crippen molar-refractivity contribution in [2.45, 2.75) is 31.3 Å². The first-order valence-corrected chi connectivity index (χ1v) is 9.77. The molecule has 0 radical (unpaired) electrons. The predicted octanol–water partition coefficient (Wildman–Crippen LogP) is 2.79. The Bertz CT molecular complexity index is 834. The third-order valence-electron chi connectivity index (χ3n) is 5.29. The SMILES string of the molecule is CCOC(=O)C1(C(=O)OCC)N[C@H](c2ccccc2)[C@H](C=O)[C@H]1c1ccccc1. The predicted molar refractivity (Wildman–Crippen MR) is 107 cm³/mol. The van der Waals surface area contributed by atoms with Gasteiger partial charge in [0.05, 0.1) is 13.2 Å². The first-order valence-electron chi connectivity index (χ1n) is 9.77. The molecule has 0 saturated carbocycles. The molecule has 3 rings (SSSR count). The summed E-state index contributed by atoms with van der Waals surface area (Å²) < 4.78 is 10.6. The highest BCUT2D eigenvalue weighted by atomic mass is 16.6. The van der Waals surface area contributed by atoms with Gasteiger partial charge in [0, 0.05) is 17.9 Å². The number of rotatable bonds is 7. The zero-order valence-corrected chi connectivity index (χ0v) is 16.5. The minimum Gasteiger partial charge on any atom is -0.464 e. The van der Waals surface area contributed by atoms with E-state index in [1.807, 2.05) is 60.7 Å². The van der Waals surface area contributed by atoms with Crippen molar-refractivity contribution < 1.29 is 23.9 Å². The molecule has 3 atom stereocenters. The molecule has 1 aliphatic rings. The van der Waals surface area contributed by atoms with Gasteiger partial charge in [0.2, 0.25) is 5.54 Å². The van der Waals surface area contributed by atoms with E-state index in [9.17, 15) is 14.4 Å². The van der Waals surface area contributed by atoms with E-state index in [4.69, 9.17) is 9.47 Å². The fraction of sp³-hybridized carbons (Fsp3) is 0.348. The van der Waals surface area contributed by atoms with Crippen LogP contribution in [0.15, 0.2) is 60.7 Å². The van der Waals surface area contributed by atoms with E-state index in [-0.39, 0.29) is 13.2 Å². The lowest BCUT2D eigenvalue weighted by atomic mass is 9.74. The molecule has 6 heteroatoms. The second-order valence-electron chi connectivity index (χ2n) is 6.88. The van der Waals surface area contributed by atoms with Crippen molar-refractivity contribution in [1.29, 1.82) is 0 Å². The van der Waals surface area contributed by atoms with Gasteiger partial charge in [-0.1, -0.05) is 60.7 Å². The number of nitrogens with one attached hydrogen (secondary N) is 1. The highest BCUT2D eigenvalue weighted by Crippen LogP contribution is 2.49. The Morgan fingerprint density at radius 3 is 1.83 bits per heavy atom. The number of aldehydes is 1. The lowest BCUT2D eigenvalue weighted by Crippen LogP contribution is -2.59. The minimum atomic E-state index is -1.82. The summed E-state index contributed by atoms with van der Waals surface area (Å²) in [6.07, 6.45) is 0.808. The number of benzene rings is 2. The molecule has 0 aliphatic carbocycles. The summed E-state index contributed by atoms with van der Waals surface area (Å²) in [6, 6.07) is 17.8. The number of hydrogen-bond donors (Lipinski definition) is 1. The van der Waals surface area contributed by atoms with Gasteiger partial charge >= 0.3 is 11.9 Å². The fourth-order valence-corrected chi connectivity index (χ4v) is 4.11. The van der Waals surface area contributed by atoms with Crippen LogP contribution < -0.4 is 5.32 Å². The maximum Gasteiger partial charge on any atom is 0.338 e. The average molecular weight is 395 g/mol. The first-order chi connectivity index (χ1) is 14.1. The molecule has 152 valence electrons. The molecule has 2 aromatic carbocycles. The Kier molecular flexibility index (Phi) is 6.44. The monoisotopic (exact) mass is 395 g/mol. The molecule has 2 aromatic rings. The molecule has 1 N–H and O–H groups in total. The molecule has 1 aliphatic heterocycles. The van der Waals surface area contributed by atoms with Crippen molar-refractivity contribution in [2.75, 3.05) is 13.2 Å². The Hall–Kier alpha value is -2.99. The Morgan fingerprint density at radius 2 is 1.38 bits per heavy atom. The van der Waals surface area contributed by atoms with E-state index in [2.05, 4.69) is 5.32 Å². The second kappa shape index (κ2) is 9.01. The molecule has 0 bridgehead atoms. The summed E-state index contributed by atoms with van der Waals surface area (Å²) in [6.45, 7) is 3.56. The van der Waals surface area contributed by atoms with Crippen LogP contribution in [0, 0.1) is 5.92 Å². The van der Waals surface area contributed by atoms with E-state index in [0.717, 1.165) is 11.8 Å². The summed E-state index contributed by atoms with van der Waals surface area (Å²) in [5.41, 5.74) is -0.322. The van der Waals surface area contributed by atoms with Gasteiger partial charge in [-0.25, -0.2) is 9.59 Å². The van der Waals surface area contributed by atoms with Crippen LogP contribution in [0.1, 0.15) is 36.9 Å². The Labute approximate surface area is 170 Å². The van der Waals surface area contributed by atoms with Crippen LogP contribution in [0.5, 0.6) is 0 Å². The van der Waals surface area contributed by atoms with Crippen molar-refractivity contribution in [1.82, 2.24) is 5.32 Å². The third-order valence-corrected chi connectivity index (χ3v) is 5.29. The van der Waals surface area contributed by atoms with E-state index in [1.165, 1.54) is 0 Å². The molecular weight excluding hydrogens is 370 g/mol. The van der Waals surface area contributed by atoms with Crippen molar-refractivity contribution in [3.05, 3.63) is 71.8 Å². The minimum absolute atomic E-state index is 0.102. The van der Waals surface area contributed by atoms with Crippen molar-refractivity contribution in [2.24, 2.45) is 5.92 Å². The molecule has 0 amide bonds. The van der Waals surface area contributed by atoms with Gasteiger partial charge < -0.3 is 14.3 Å². The van der Waals surface area contributed by atoms with Crippen LogP contribution in [0.4, 0.5) is 0 Å². The van der Waals surface area contributed by atoms with Gasteiger partial charge in [-0.15, -0.1) is 0 Å². The molecule has 6 nitrogen and oxygen atoms in total. The van der Waals surface area contributed by atoms with Crippen LogP contribution >= 0.6 is 0 Å². The van der Waals surface area contributed by atoms with Crippen LogP contribution in [0.2, 0.25) is 0 Å². The van der Waals surface area contributed by atoms with Crippen LogP contribution in [-0.2, 0) is 23.9 Å². The van der Waals surface area contributed by atoms with Crippen LogP contribution in [0.25, 0.3) is 0 Å². The molecule has 0 aromatic heterocycles. The number of hydrogen-bond acceptors (Lipinski definition) is 6. The molecule has 1 fully saturated rings. The molecule has 1 saturated heterocycles. The second-order valence-corrected chi connectivity index (χ2v) is 6.88. The quantitative estimate of drug-likeness (QED) is 0.441. The van der Waals surface area contributed by atoms with Crippen LogP contribution in [-0.4, -0.2) is 37.0 Å². The zero-order valence-electron chi connectivity index (χ0n) is 16.5. The standard InChI is InChI=1S/C23H25NO5/c1-3-28-21(26)23(22(27)29-4-2)19(16-11-7-5-8-12-16)18(15-25)20(24-23)17-13-9-6-10-14-17/h5-15,18-20,24H,3-4H2,1-2H3/t18-,19-,20-/m1/s1. The molecule has 29 heavy (non-hydrogen) atoms. The number of ether oxygens (including phenoxy) is 2. The van der Waals surface area contributed by atoms with E-state index in [1.54, 1.807) is 13.8 Å². The van der Waals surface area contributed by atoms with Gasteiger partial charge in [0.25, 0.3) is 0 Å². The smallest absolute Gasteiger partial charge is 0.338 e. The normalized spacial score (nSPS) is 22.6. The zero-order chi connectivity index (χ0) is 20.9. The van der Waals surface area contributed by atoms with E-state index in [0.29, 0.717) is 5.56 Å². The number of carbonyl (C=O) groups is 3. The summed E-state index contributed by atoms with van der Waals surface area (Å²) in [5, 5.41) is 3.16. The highest BCUT2D eigenvalue weighted by molar-refractivity contribution is 6.07. The average Bonchev–Trinajstić information content (AvgIpc) is 3.12. The number of carbonyl (C=O) groups excluding carboxylic acids is 3. The molecule has 1 heterocycles. The number of esters is 2. The van der Waals surface area contributed by atoms with Gasteiger partial charge in [-0.3, -0.25) is 5.32 Å². The molecular formula is C23H25NO5. The maximum atomic E-state index is 13.2. The summed E-state index contributed by atoms with van der Waals surface area (Å²) >= 11 is 0. The van der Waals surface area contributed by atoms with Crippen molar-refractivity contribution in [3.8, 4) is 0 Å². The van der Waals surface area contributed by atoms with Gasteiger partial charge in [0.1, 0.15) is 6.29 Å². The largest absolute Gasteiger partial charge is 0.464 e. The lowest BCUT2D eigenvalue weighted by Gasteiger charge is -2.32. The van der Waals surface area contributed by atoms with Gasteiger partial charge in [-0.05, 0) is 25.0 Å². The first kappa shape index (κ1) is 20.7. The topological polar surface area (TPSA) is 81.7 Å². The summed E-state index contributed by atoms with van der Waals surface area (Å²) in [7, 11) is 0. The lowest BCUT2D eigenvalue weighted by molar-refractivity contribution is -0.166. The maximum absolute atomic E-state index is 13.2. The van der Waals surface area contributed by atoms with Crippen molar-refractivity contribution in [3.63, 3.8) is 0 Å². The van der Waals surface area contributed by atoms with E-state index >= 15 is 0 Å². The van der Waals surface area contributed by atoms with Crippen molar-refractivity contribution >= 4 is 18.2 Å². The Balaban J connectivity index is 2.22. The van der Waals surface area contributed by atoms with Gasteiger partial charge in [0.15, 0.2) is 0 Å². The highest BCUT2D eigenvalue weighted by Gasteiger charge is 2.65.